The van der Waals surface area contributed by atoms with Crippen LogP contribution in [0.5, 0.6) is 17.2 Å². The van der Waals surface area contributed by atoms with Gasteiger partial charge in [-0.15, -0.1) is 0 Å². The molecule has 0 aliphatic carbocycles. The standard InChI is InChI=1S/C46H68N2O6/c1-16-18-23-53-40-34(42(4,5)6)25-32(26-35(40)43(7,8)9)46(50,30(3)47-29-31-21-20-22-38(39(31)49)48(51)52)33-27-36(44(10,11)12)41(54-24-19-17-2)37(28-33)45(13,14)15/h20-22,25-30,49-50H,16-19,23-24H2,1-15H3. The first-order valence-electron chi connectivity index (χ1n) is 19.7. The fraction of sp³-hybridized carbons (Fsp3) is 0.587. The molecule has 1 unspecified atom stereocenters. The van der Waals surface area contributed by atoms with Crippen molar-refractivity contribution in [1.29, 1.82) is 0 Å². The SMILES string of the molecule is CCCCOc1c(C(C)(C)C)cc(C(O)(c2cc(C(C)(C)C)c(OCCCC)c(C(C)(C)C)c2)C(C)N=Cc2cccc([N+](=O)[O-])c2O)cc1C(C)(C)C. The average molecular weight is 745 g/mol. The van der Waals surface area contributed by atoms with Crippen LogP contribution in [0, 0.1) is 10.1 Å². The van der Waals surface area contributed by atoms with Crippen molar-refractivity contribution >= 4 is 11.9 Å². The van der Waals surface area contributed by atoms with Crippen LogP contribution in [0.15, 0.2) is 47.5 Å². The Hall–Kier alpha value is -3.91. The maximum atomic E-state index is 13.7. The highest BCUT2D eigenvalue weighted by Gasteiger charge is 2.43. The van der Waals surface area contributed by atoms with Gasteiger partial charge in [0.2, 0.25) is 5.75 Å². The number of phenols is 1. The van der Waals surface area contributed by atoms with Gasteiger partial charge in [0, 0.05) is 40.1 Å². The van der Waals surface area contributed by atoms with Crippen molar-refractivity contribution in [3.05, 3.63) is 91.5 Å². The van der Waals surface area contributed by atoms with Crippen molar-refractivity contribution in [2.75, 3.05) is 13.2 Å². The lowest BCUT2D eigenvalue weighted by molar-refractivity contribution is -0.385. The van der Waals surface area contributed by atoms with Crippen LogP contribution in [0.1, 0.15) is 168 Å². The van der Waals surface area contributed by atoms with E-state index >= 15 is 0 Å². The quantitative estimate of drug-likeness (QED) is 0.0735. The normalized spacial score (nSPS) is 13.7. The number of phenolic OH excluding ortho intramolecular Hbond substituents is 1. The Kier molecular flexibility index (Phi) is 13.9. The molecular weight excluding hydrogens is 677 g/mol. The molecule has 0 heterocycles. The number of hydrogen-bond donors (Lipinski definition) is 2. The van der Waals surface area contributed by atoms with Gasteiger partial charge >= 0.3 is 5.69 Å². The number of benzene rings is 3. The van der Waals surface area contributed by atoms with Crippen LogP contribution >= 0.6 is 0 Å². The molecule has 8 nitrogen and oxygen atoms in total. The summed E-state index contributed by atoms with van der Waals surface area (Å²) in [5.74, 6) is 1.22. The topological polar surface area (TPSA) is 114 Å². The van der Waals surface area contributed by atoms with Crippen LogP contribution < -0.4 is 9.47 Å². The van der Waals surface area contributed by atoms with E-state index in [4.69, 9.17) is 14.5 Å². The number of nitro benzene ring substituents is 1. The van der Waals surface area contributed by atoms with Crippen molar-refractivity contribution in [2.45, 2.75) is 163 Å². The minimum atomic E-state index is -1.71. The third-order valence-corrected chi connectivity index (χ3v) is 10.1. The van der Waals surface area contributed by atoms with E-state index in [1.54, 1.807) is 6.07 Å². The van der Waals surface area contributed by atoms with Gasteiger partial charge < -0.3 is 19.7 Å². The fourth-order valence-electron chi connectivity index (χ4n) is 6.62. The Balaban J connectivity index is 2.57. The van der Waals surface area contributed by atoms with Crippen molar-refractivity contribution in [2.24, 2.45) is 4.99 Å². The molecule has 8 heteroatoms. The molecule has 0 fully saturated rings. The predicted octanol–water partition coefficient (Wildman–Crippen LogP) is 11.6. The van der Waals surface area contributed by atoms with Gasteiger partial charge in [-0.2, -0.15) is 0 Å². The largest absolute Gasteiger partial charge is 0.502 e. The van der Waals surface area contributed by atoms with Gasteiger partial charge in [0.1, 0.15) is 17.1 Å². The van der Waals surface area contributed by atoms with Crippen molar-refractivity contribution in [3.8, 4) is 17.2 Å². The Morgan fingerprint density at radius 1 is 0.722 bits per heavy atom. The minimum absolute atomic E-state index is 0.189. The Morgan fingerprint density at radius 3 is 1.41 bits per heavy atom. The van der Waals surface area contributed by atoms with E-state index in [2.05, 4.69) is 121 Å². The summed E-state index contributed by atoms with van der Waals surface area (Å²) < 4.78 is 13.2. The van der Waals surface area contributed by atoms with Crippen molar-refractivity contribution in [1.82, 2.24) is 0 Å². The summed E-state index contributed by atoms with van der Waals surface area (Å²) in [5, 5.41) is 36.2. The number of aliphatic imine (C=N–C) groups is 1. The Morgan fingerprint density at radius 2 is 1.09 bits per heavy atom. The van der Waals surface area contributed by atoms with Crippen molar-refractivity contribution < 1.29 is 24.6 Å². The third-order valence-electron chi connectivity index (χ3n) is 10.1. The minimum Gasteiger partial charge on any atom is -0.502 e. The molecule has 3 aromatic carbocycles. The van der Waals surface area contributed by atoms with Crippen LogP contribution in [0.25, 0.3) is 0 Å². The number of aromatic hydroxyl groups is 1. The first kappa shape index (κ1) is 44.5. The van der Waals surface area contributed by atoms with E-state index in [0.29, 0.717) is 24.3 Å². The molecule has 0 bridgehead atoms. The zero-order valence-electron chi connectivity index (χ0n) is 35.9. The Bertz CT molecular complexity index is 1640. The van der Waals surface area contributed by atoms with E-state index in [1.165, 1.54) is 18.3 Å². The summed E-state index contributed by atoms with van der Waals surface area (Å²) in [7, 11) is 0. The van der Waals surface area contributed by atoms with E-state index in [0.717, 1.165) is 59.4 Å². The number of unbranched alkanes of at least 4 members (excludes halogenated alkanes) is 2. The first-order chi connectivity index (χ1) is 24.8. The molecule has 54 heavy (non-hydrogen) atoms. The van der Waals surface area contributed by atoms with Gasteiger partial charge in [0.25, 0.3) is 0 Å². The van der Waals surface area contributed by atoms with Crippen LogP contribution in [-0.2, 0) is 27.3 Å². The Labute approximate surface area is 325 Å². The van der Waals surface area contributed by atoms with Gasteiger partial charge in [-0.1, -0.05) is 116 Å². The van der Waals surface area contributed by atoms with Crippen LogP contribution in [0.3, 0.4) is 0 Å². The van der Waals surface area contributed by atoms with Gasteiger partial charge in [0.05, 0.1) is 24.2 Å². The molecule has 1 atom stereocenters. The summed E-state index contributed by atoms with van der Waals surface area (Å²) in [6, 6.07) is 11.8. The molecule has 0 aliphatic heterocycles. The molecule has 0 spiro atoms. The van der Waals surface area contributed by atoms with Crippen molar-refractivity contribution in [3.63, 3.8) is 0 Å². The van der Waals surface area contributed by atoms with E-state index in [-0.39, 0.29) is 27.2 Å². The fourth-order valence-corrected chi connectivity index (χ4v) is 6.62. The maximum absolute atomic E-state index is 13.7. The van der Waals surface area contributed by atoms with Gasteiger partial charge in [0.15, 0.2) is 0 Å². The number of rotatable bonds is 14. The summed E-state index contributed by atoms with van der Waals surface area (Å²) in [6.45, 7) is 33.3. The molecule has 0 aliphatic rings. The molecule has 3 aromatic rings. The number of ether oxygens (including phenoxy) is 2. The van der Waals surface area contributed by atoms with E-state index < -0.39 is 28.0 Å². The summed E-state index contributed by atoms with van der Waals surface area (Å²) >= 11 is 0. The van der Waals surface area contributed by atoms with E-state index in [1.807, 2.05) is 6.92 Å². The molecule has 0 amide bonds. The second-order valence-electron chi connectivity index (χ2n) is 18.9. The van der Waals surface area contributed by atoms with Crippen LogP contribution in [0.2, 0.25) is 0 Å². The van der Waals surface area contributed by atoms with Crippen LogP contribution in [0.4, 0.5) is 5.69 Å². The second kappa shape index (κ2) is 16.8. The number of hydrogen-bond acceptors (Lipinski definition) is 7. The summed E-state index contributed by atoms with van der Waals surface area (Å²) in [4.78, 5) is 15.9. The average Bonchev–Trinajstić information content (AvgIpc) is 3.05. The van der Waals surface area contributed by atoms with E-state index in [9.17, 15) is 20.3 Å². The monoisotopic (exact) mass is 745 g/mol. The predicted molar refractivity (Wildman–Crippen MR) is 223 cm³/mol. The summed E-state index contributed by atoms with van der Waals surface area (Å²) in [5.41, 5.74) is 1.95. The highest BCUT2D eigenvalue weighted by Crippen LogP contribution is 2.49. The second-order valence-corrected chi connectivity index (χ2v) is 18.9. The highest BCUT2D eigenvalue weighted by atomic mass is 16.6. The molecule has 0 radical (unpaired) electrons. The number of aliphatic hydroxyl groups is 1. The van der Waals surface area contributed by atoms with Gasteiger partial charge in [-0.25, -0.2) is 0 Å². The molecule has 2 N–H and O–H groups in total. The zero-order chi connectivity index (χ0) is 41.0. The lowest BCUT2D eigenvalue weighted by Crippen LogP contribution is -2.40. The number of para-hydroxylation sites is 1. The van der Waals surface area contributed by atoms with Gasteiger partial charge in [-0.3, -0.25) is 15.1 Å². The van der Waals surface area contributed by atoms with Crippen LogP contribution in [-0.4, -0.2) is 40.6 Å². The smallest absolute Gasteiger partial charge is 0.311 e. The number of nitro groups is 1. The molecule has 0 saturated heterocycles. The number of nitrogens with zero attached hydrogens (tertiary/aromatic N) is 2. The highest BCUT2D eigenvalue weighted by molar-refractivity contribution is 5.85. The van der Waals surface area contributed by atoms with Gasteiger partial charge in [-0.05, 0) is 82.9 Å². The molecular formula is C46H68N2O6. The first-order valence-corrected chi connectivity index (χ1v) is 19.7. The lowest BCUT2D eigenvalue weighted by Gasteiger charge is -2.39. The molecule has 0 aromatic heterocycles. The molecule has 3 rings (SSSR count). The molecule has 0 saturated carbocycles. The molecule has 298 valence electrons. The lowest BCUT2D eigenvalue weighted by atomic mass is 9.71. The maximum Gasteiger partial charge on any atom is 0.311 e. The third kappa shape index (κ3) is 10.0. The zero-order valence-corrected chi connectivity index (χ0v) is 35.9. The summed E-state index contributed by atoms with van der Waals surface area (Å²) in [6.07, 6.45) is 5.29.